The monoisotopic (exact) mass is 276 g/mol. The molecule has 0 spiro atoms. The standard InChI is InChI=1S/C15H20N2O3/c1-4-9-20-14-7-5-13(6-8-14)17-15(19)16-12(3)11(2)10-18/h1,5-8,11-12,18H,9-10H2,2-3H3,(H2,16,17,19). The number of aliphatic hydroxyl groups excluding tert-OH is 1. The molecule has 20 heavy (non-hydrogen) atoms. The van der Waals surface area contributed by atoms with Gasteiger partial charge in [0.15, 0.2) is 0 Å². The molecule has 1 aromatic rings. The number of aliphatic hydroxyl groups is 1. The summed E-state index contributed by atoms with van der Waals surface area (Å²) in [7, 11) is 0. The third-order valence-electron chi connectivity index (χ3n) is 2.93. The van der Waals surface area contributed by atoms with Gasteiger partial charge in [0.1, 0.15) is 12.4 Å². The molecule has 0 aliphatic heterocycles. The van der Waals surface area contributed by atoms with Gasteiger partial charge in [-0.2, -0.15) is 0 Å². The fraction of sp³-hybridized carbons (Fsp3) is 0.400. The summed E-state index contributed by atoms with van der Waals surface area (Å²) in [6, 6.07) is 6.49. The fourth-order valence-electron chi connectivity index (χ4n) is 1.43. The Kier molecular flexibility index (Phi) is 6.41. The number of ether oxygens (including phenoxy) is 1. The van der Waals surface area contributed by atoms with E-state index >= 15 is 0 Å². The van der Waals surface area contributed by atoms with Gasteiger partial charge in [-0.3, -0.25) is 0 Å². The number of nitrogens with one attached hydrogen (secondary N) is 2. The van der Waals surface area contributed by atoms with Crippen LogP contribution in [0.15, 0.2) is 24.3 Å². The number of amides is 2. The number of carbonyl (C=O) groups excluding carboxylic acids is 1. The van der Waals surface area contributed by atoms with Gasteiger partial charge in [0.2, 0.25) is 0 Å². The van der Waals surface area contributed by atoms with Crippen LogP contribution in [0.1, 0.15) is 13.8 Å². The van der Waals surface area contributed by atoms with Gasteiger partial charge in [-0.15, -0.1) is 6.42 Å². The molecule has 108 valence electrons. The lowest BCUT2D eigenvalue weighted by Gasteiger charge is -2.19. The number of anilines is 1. The second-order valence-electron chi connectivity index (χ2n) is 4.56. The van der Waals surface area contributed by atoms with Crippen molar-refractivity contribution in [3.63, 3.8) is 0 Å². The van der Waals surface area contributed by atoms with Crippen LogP contribution in [-0.4, -0.2) is 30.4 Å². The number of hydrogen-bond donors (Lipinski definition) is 3. The summed E-state index contributed by atoms with van der Waals surface area (Å²) in [4.78, 5) is 11.7. The molecule has 2 amide bonds. The largest absolute Gasteiger partial charge is 0.481 e. The Morgan fingerprint density at radius 1 is 1.40 bits per heavy atom. The van der Waals surface area contributed by atoms with Gasteiger partial charge in [0.05, 0.1) is 0 Å². The lowest BCUT2D eigenvalue weighted by Crippen LogP contribution is -2.40. The van der Waals surface area contributed by atoms with Gasteiger partial charge in [0.25, 0.3) is 0 Å². The summed E-state index contributed by atoms with van der Waals surface area (Å²) >= 11 is 0. The predicted molar refractivity (Wildman–Crippen MR) is 78.6 cm³/mol. The number of hydrogen-bond acceptors (Lipinski definition) is 3. The summed E-state index contributed by atoms with van der Waals surface area (Å²) in [5.74, 6) is 3.03. The summed E-state index contributed by atoms with van der Waals surface area (Å²) in [6.45, 7) is 3.95. The Hall–Kier alpha value is -2.19. The molecular formula is C15H20N2O3. The molecule has 3 N–H and O–H groups in total. The lowest BCUT2D eigenvalue weighted by molar-refractivity contribution is 0.204. The third-order valence-corrected chi connectivity index (χ3v) is 2.93. The topological polar surface area (TPSA) is 70.6 Å². The first-order valence-corrected chi connectivity index (χ1v) is 6.41. The van der Waals surface area contributed by atoms with Crippen molar-refractivity contribution >= 4 is 11.7 Å². The summed E-state index contributed by atoms with van der Waals surface area (Å²) in [5, 5.41) is 14.5. The normalized spacial score (nSPS) is 12.9. The van der Waals surface area contributed by atoms with Gasteiger partial charge < -0.3 is 20.5 Å². The molecule has 5 heteroatoms. The van der Waals surface area contributed by atoms with E-state index in [4.69, 9.17) is 16.3 Å². The highest BCUT2D eigenvalue weighted by molar-refractivity contribution is 5.89. The molecule has 2 unspecified atom stereocenters. The molecule has 1 rings (SSSR count). The first-order chi connectivity index (χ1) is 9.56. The van der Waals surface area contributed by atoms with Gasteiger partial charge in [-0.25, -0.2) is 4.79 Å². The Balaban J connectivity index is 2.48. The molecular weight excluding hydrogens is 256 g/mol. The van der Waals surface area contributed by atoms with Gasteiger partial charge in [0, 0.05) is 18.3 Å². The second-order valence-corrected chi connectivity index (χ2v) is 4.56. The summed E-state index contributed by atoms with van der Waals surface area (Å²) in [6.07, 6.45) is 5.10. The minimum absolute atomic E-state index is 0.000267. The fourth-order valence-corrected chi connectivity index (χ4v) is 1.43. The maximum absolute atomic E-state index is 11.7. The lowest BCUT2D eigenvalue weighted by atomic mass is 10.1. The number of benzene rings is 1. The van der Waals surface area contributed by atoms with Crippen LogP contribution >= 0.6 is 0 Å². The average Bonchev–Trinajstić information content (AvgIpc) is 2.45. The Bertz CT molecular complexity index is 465. The van der Waals surface area contributed by atoms with Crippen molar-refractivity contribution in [2.45, 2.75) is 19.9 Å². The number of urea groups is 1. The molecule has 0 aliphatic rings. The third kappa shape index (κ3) is 5.21. The minimum atomic E-state index is -0.310. The zero-order valence-corrected chi connectivity index (χ0v) is 11.7. The minimum Gasteiger partial charge on any atom is -0.481 e. The maximum Gasteiger partial charge on any atom is 0.319 e. The number of terminal acetylenes is 1. The highest BCUT2D eigenvalue weighted by atomic mass is 16.5. The van der Waals surface area contributed by atoms with E-state index in [2.05, 4.69) is 16.6 Å². The molecule has 2 atom stereocenters. The van der Waals surface area contributed by atoms with E-state index in [0.29, 0.717) is 11.4 Å². The SMILES string of the molecule is C#CCOc1ccc(NC(=O)NC(C)C(C)CO)cc1. The van der Waals surface area contributed by atoms with Crippen LogP contribution < -0.4 is 15.4 Å². The van der Waals surface area contributed by atoms with Crippen molar-refractivity contribution in [3.8, 4) is 18.1 Å². The van der Waals surface area contributed by atoms with Crippen molar-refractivity contribution in [2.24, 2.45) is 5.92 Å². The molecule has 0 radical (unpaired) electrons. The van der Waals surface area contributed by atoms with E-state index in [0.717, 1.165) is 0 Å². The molecule has 0 bridgehead atoms. The Morgan fingerprint density at radius 2 is 2.05 bits per heavy atom. The van der Waals surface area contributed by atoms with Crippen LogP contribution in [0.3, 0.4) is 0 Å². The smallest absolute Gasteiger partial charge is 0.319 e. The van der Waals surface area contributed by atoms with Crippen molar-refractivity contribution in [3.05, 3.63) is 24.3 Å². The zero-order chi connectivity index (χ0) is 15.0. The maximum atomic E-state index is 11.7. The number of rotatable bonds is 6. The van der Waals surface area contributed by atoms with Crippen LogP contribution in [0.2, 0.25) is 0 Å². The molecule has 1 aromatic carbocycles. The van der Waals surface area contributed by atoms with E-state index in [9.17, 15) is 4.79 Å². The quantitative estimate of drug-likeness (QED) is 0.694. The van der Waals surface area contributed by atoms with Gasteiger partial charge in [-0.05, 0) is 37.1 Å². The van der Waals surface area contributed by atoms with Crippen LogP contribution in [0.25, 0.3) is 0 Å². The van der Waals surface area contributed by atoms with Crippen molar-refractivity contribution in [1.29, 1.82) is 0 Å². The van der Waals surface area contributed by atoms with Crippen molar-refractivity contribution in [2.75, 3.05) is 18.5 Å². The number of carbonyl (C=O) groups is 1. The molecule has 0 fully saturated rings. The van der Waals surface area contributed by atoms with Gasteiger partial charge in [-0.1, -0.05) is 12.8 Å². The van der Waals surface area contributed by atoms with E-state index in [-0.39, 0.29) is 31.2 Å². The molecule has 5 nitrogen and oxygen atoms in total. The molecule has 0 saturated carbocycles. The first-order valence-electron chi connectivity index (χ1n) is 6.41. The molecule has 0 aliphatic carbocycles. The van der Waals surface area contributed by atoms with Crippen molar-refractivity contribution in [1.82, 2.24) is 5.32 Å². The zero-order valence-electron chi connectivity index (χ0n) is 11.7. The summed E-state index contributed by atoms with van der Waals surface area (Å²) in [5.41, 5.74) is 0.652. The first kappa shape index (κ1) is 15.9. The highest BCUT2D eigenvalue weighted by Gasteiger charge is 2.13. The van der Waals surface area contributed by atoms with Crippen molar-refractivity contribution < 1.29 is 14.6 Å². The molecule has 0 aromatic heterocycles. The predicted octanol–water partition coefficient (Wildman–Crippen LogP) is 1.84. The van der Waals surface area contributed by atoms with E-state index < -0.39 is 0 Å². The van der Waals surface area contributed by atoms with E-state index in [1.165, 1.54) is 0 Å². The van der Waals surface area contributed by atoms with Crippen LogP contribution in [0, 0.1) is 18.3 Å². The van der Waals surface area contributed by atoms with Crippen LogP contribution in [0.4, 0.5) is 10.5 Å². The molecule has 0 heterocycles. The average molecular weight is 276 g/mol. The molecule has 0 saturated heterocycles. The van der Waals surface area contributed by atoms with Crippen LogP contribution in [-0.2, 0) is 0 Å². The highest BCUT2D eigenvalue weighted by Crippen LogP contribution is 2.15. The van der Waals surface area contributed by atoms with E-state index in [1.54, 1.807) is 24.3 Å². The Morgan fingerprint density at radius 3 is 2.60 bits per heavy atom. The van der Waals surface area contributed by atoms with E-state index in [1.807, 2.05) is 13.8 Å². The second kappa shape index (κ2) is 8.08. The Labute approximate surface area is 119 Å². The summed E-state index contributed by atoms with van der Waals surface area (Å²) < 4.78 is 5.23. The van der Waals surface area contributed by atoms with Crippen LogP contribution in [0.5, 0.6) is 5.75 Å². The van der Waals surface area contributed by atoms with Gasteiger partial charge >= 0.3 is 6.03 Å².